The van der Waals surface area contributed by atoms with Crippen LogP contribution in [0.1, 0.15) is 15.9 Å². The SMILES string of the molecule is Cc1c(C(=O)O)c2[n+](c3ccccc13)CC(CBr)O2.[Br-]. The molecule has 1 aliphatic rings. The van der Waals surface area contributed by atoms with Crippen LogP contribution in [0.5, 0.6) is 5.88 Å². The molecule has 0 radical (unpaired) electrons. The van der Waals surface area contributed by atoms with Crippen LogP contribution in [0.25, 0.3) is 10.9 Å². The number of halogens is 2. The maximum Gasteiger partial charge on any atom is 0.384 e. The summed E-state index contributed by atoms with van der Waals surface area (Å²) in [5.41, 5.74) is 2.04. The maximum atomic E-state index is 11.5. The van der Waals surface area contributed by atoms with Crippen molar-refractivity contribution in [1.82, 2.24) is 0 Å². The number of para-hydroxylation sites is 1. The van der Waals surface area contributed by atoms with E-state index >= 15 is 0 Å². The molecule has 0 saturated heterocycles. The summed E-state index contributed by atoms with van der Waals surface area (Å²) < 4.78 is 7.73. The minimum Gasteiger partial charge on any atom is -1.00 e. The Kier molecular flexibility index (Phi) is 4.34. The molecule has 0 saturated carbocycles. The minimum absolute atomic E-state index is 0. The first kappa shape index (κ1) is 15.3. The van der Waals surface area contributed by atoms with Crippen LogP contribution in [-0.2, 0) is 6.54 Å². The Morgan fingerprint density at radius 3 is 2.85 bits per heavy atom. The van der Waals surface area contributed by atoms with Gasteiger partial charge in [-0.15, -0.1) is 0 Å². The van der Waals surface area contributed by atoms with Crippen molar-refractivity contribution >= 4 is 32.8 Å². The number of pyridine rings is 1. The molecule has 1 N–H and O–H groups in total. The van der Waals surface area contributed by atoms with Crippen molar-refractivity contribution in [3.8, 4) is 5.88 Å². The number of hydrogen-bond acceptors (Lipinski definition) is 2. The Bertz CT molecular complexity index is 688. The molecule has 2 heterocycles. The van der Waals surface area contributed by atoms with E-state index in [1.54, 1.807) is 0 Å². The second kappa shape index (κ2) is 5.69. The van der Waals surface area contributed by atoms with Crippen molar-refractivity contribution in [2.45, 2.75) is 19.6 Å². The summed E-state index contributed by atoms with van der Waals surface area (Å²) >= 11 is 3.39. The van der Waals surface area contributed by atoms with Gasteiger partial charge in [0.2, 0.25) is 5.52 Å². The molecule has 1 aromatic heterocycles. The van der Waals surface area contributed by atoms with Gasteiger partial charge in [-0.25, -0.2) is 4.79 Å². The van der Waals surface area contributed by atoms with Gasteiger partial charge in [-0.3, -0.25) is 0 Å². The first-order valence-electron chi connectivity index (χ1n) is 6.04. The highest BCUT2D eigenvalue weighted by molar-refractivity contribution is 9.09. The van der Waals surface area contributed by atoms with E-state index in [9.17, 15) is 9.90 Å². The zero-order valence-electron chi connectivity index (χ0n) is 10.8. The van der Waals surface area contributed by atoms with Crippen LogP contribution >= 0.6 is 15.9 Å². The third kappa shape index (κ3) is 2.20. The van der Waals surface area contributed by atoms with E-state index in [0.717, 1.165) is 16.5 Å². The van der Waals surface area contributed by atoms with Gasteiger partial charge in [-0.2, -0.15) is 4.57 Å². The number of carboxylic acids is 1. The number of benzene rings is 1. The molecule has 3 rings (SSSR count). The van der Waals surface area contributed by atoms with E-state index in [0.29, 0.717) is 17.8 Å². The topological polar surface area (TPSA) is 50.4 Å². The Balaban J connectivity index is 0.00000147. The van der Waals surface area contributed by atoms with Crippen LogP contribution in [0.4, 0.5) is 0 Å². The molecular weight excluding hydrogens is 390 g/mol. The summed E-state index contributed by atoms with van der Waals surface area (Å²) in [6.07, 6.45) is -0.0247. The standard InChI is InChI=1S/C14H12BrNO3.BrH/c1-8-10-4-2-3-5-11(10)16-7-9(6-15)19-13(16)12(8)14(17)18;/h2-5,9H,6-7H2,1H3;1H. The van der Waals surface area contributed by atoms with Crippen LogP contribution in [-0.4, -0.2) is 22.5 Å². The lowest BCUT2D eigenvalue weighted by atomic mass is 10.0. The number of carboxylic acid groups (broad SMARTS) is 1. The molecule has 0 bridgehead atoms. The number of aromatic nitrogens is 1. The highest BCUT2D eigenvalue weighted by atomic mass is 79.9. The molecule has 20 heavy (non-hydrogen) atoms. The fraction of sp³-hybridized carbons (Fsp3) is 0.286. The number of aryl methyl sites for hydroxylation is 1. The Morgan fingerprint density at radius 1 is 1.50 bits per heavy atom. The fourth-order valence-corrected chi connectivity index (χ4v) is 2.94. The molecule has 1 atom stereocenters. The van der Waals surface area contributed by atoms with Gasteiger partial charge in [0.15, 0.2) is 18.2 Å². The molecule has 0 aliphatic carbocycles. The lowest BCUT2D eigenvalue weighted by Crippen LogP contribution is -3.00. The van der Waals surface area contributed by atoms with Gasteiger partial charge < -0.3 is 26.8 Å². The number of aromatic carboxylic acids is 1. The smallest absolute Gasteiger partial charge is 0.384 e. The number of ether oxygens (including phenoxy) is 1. The molecule has 1 unspecified atom stereocenters. The molecule has 1 aliphatic heterocycles. The van der Waals surface area contributed by atoms with Crippen LogP contribution in [0, 0.1) is 6.92 Å². The molecule has 0 amide bonds. The summed E-state index contributed by atoms with van der Waals surface area (Å²) in [6, 6.07) is 7.83. The number of hydrogen-bond donors (Lipinski definition) is 1. The number of nitrogens with zero attached hydrogens (tertiary/aromatic N) is 1. The molecule has 1 aromatic carbocycles. The van der Waals surface area contributed by atoms with E-state index < -0.39 is 5.97 Å². The molecule has 106 valence electrons. The lowest BCUT2D eigenvalue weighted by Gasteiger charge is -2.06. The summed E-state index contributed by atoms with van der Waals surface area (Å²) in [6.45, 7) is 2.50. The van der Waals surface area contributed by atoms with E-state index in [4.69, 9.17) is 4.74 Å². The normalized spacial score (nSPS) is 16.4. The first-order chi connectivity index (χ1) is 9.13. The molecule has 0 fully saturated rings. The van der Waals surface area contributed by atoms with Gasteiger partial charge in [0.05, 0.1) is 5.39 Å². The predicted molar refractivity (Wildman–Crippen MR) is 74.0 cm³/mol. The van der Waals surface area contributed by atoms with Crippen molar-refractivity contribution in [3.05, 3.63) is 35.4 Å². The molecule has 4 nitrogen and oxygen atoms in total. The monoisotopic (exact) mass is 401 g/mol. The van der Waals surface area contributed by atoms with Crippen molar-refractivity contribution in [2.24, 2.45) is 0 Å². The van der Waals surface area contributed by atoms with Crippen LogP contribution in [0.2, 0.25) is 0 Å². The largest absolute Gasteiger partial charge is 1.00 e. The number of rotatable bonds is 2. The molecule has 2 aromatic rings. The number of fused-ring (bicyclic) bond motifs is 3. The van der Waals surface area contributed by atoms with Crippen molar-refractivity contribution in [2.75, 3.05) is 5.33 Å². The van der Waals surface area contributed by atoms with E-state index in [-0.39, 0.29) is 28.6 Å². The predicted octanol–water partition coefficient (Wildman–Crippen LogP) is -0.706. The minimum atomic E-state index is -0.942. The highest BCUT2D eigenvalue weighted by Crippen LogP contribution is 2.30. The summed E-state index contributed by atoms with van der Waals surface area (Å²) in [5.74, 6) is -0.477. The van der Waals surface area contributed by atoms with Crippen molar-refractivity contribution < 1.29 is 36.2 Å². The second-order valence-corrected chi connectivity index (χ2v) is 5.28. The number of carbonyl (C=O) groups is 1. The average Bonchev–Trinajstić information content (AvgIpc) is 2.82. The van der Waals surface area contributed by atoms with E-state index in [2.05, 4.69) is 15.9 Å². The average molecular weight is 403 g/mol. The van der Waals surface area contributed by atoms with E-state index in [1.165, 1.54) is 0 Å². The van der Waals surface area contributed by atoms with Gasteiger partial charge in [0, 0.05) is 11.4 Å². The first-order valence-corrected chi connectivity index (χ1v) is 7.16. The Morgan fingerprint density at radius 2 is 2.20 bits per heavy atom. The van der Waals surface area contributed by atoms with Crippen LogP contribution in [0.3, 0.4) is 0 Å². The highest BCUT2D eigenvalue weighted by Gasteiger charge is 2.38. The van der Waals surface area contributed by atoms with Gasteiger partial charge in [-0.05, 0) is 18.6 Å². The molecule has 6 heteroatoms. The number of alkyl halides is 1. The molecular formula is C14H13Br2NO3. The quantitative estimate of drug-likeness (QED) is 0.533. The fourth-order valence-electron chi connectivity index (χ4n) is 2.60. The van der Waals surface area contributed by atoms with Crippen LogP contribution < -0.4 is 26.3 Å². The molecule has 0 spiro atoms. The summed E-state index contributed by atoms with van der Waals surface area (Å²) in [4.78, 5) is 11.5. The Labute approximate surface area is 135 Å². The van der Waals surface area contributed by atoms with Gasteiger partial charge in [-0.1, -0.05) is 28.1 Å². The Hall–Kier alpha value is -1.14. The van der Waals surface area contributed by atoms with E-state index in [1.807, 2.05) is 35.8 Å². The summed E-state index contributed by atoms with van der Waals surface area (Å²) in [5, 5.41) is 11.1. The summed E-state index contributed by atoms with van der Waals surface area (Å²) in [7, 11) is 0. The van der Waals surface area contributed by atoms with Gasteiger partial charge in [0.25, 0.3) is 0 Å². The zero-order chi connectivity index (χ0) is 13.6. The van der Waals surface area contributed by atoms with Crippen LogP contribution in [0.15, 0.2) is 24.3 Å². The second-order valence-electron chi connectivity index (χ2n) is 4.63. The van der Waals surface area contributed by atoms with Gasteiger partial charge >= 0.3 is 11.8 Å². The van der Waals surface area contributed by atoms with Gasteiger partial charge in [0.1, 0.15) is 0 Å². The zero-order valence-corrected chi connectivity index (χ0v) is 13.9. The van der Waals surface area contributed by atoms with Crippen molar-refractivity contribution in [1.29, 1.82) is 0 Å². The lowest BCUT2D eigenvalue weighted by molar-refractivity contribution is -0.655. The maximum absolute atomic E-state index is 11.5. The third-order valence-electron chi connectivity index (χ3n) is 3.48. The van der Waals surface area contributed by atoms with Crippen molar-refractivity contribution in [3.63, 3.8) is 0 Å². The third-order valence-corrected chi connectivity index (χ3v) is 4.21.